The molecule has 182 valence electrons. The van der Waals surface area contributed by atoms with Gasteiger partial charge in [0.25, 0.3) is 0 Å². The van der Waals surface area contributed by atoms with Gasteiger partial charge in [-0.1, -0.05) is 37.4 Å². The molecule has 0 bridgehead atoms. The van der Waals surface area contributed by atoms with E-state index in [1.807, 2.05) is 0 Å². The van der Waals surface area contributed by atoms with Crippen molar-refractivity contribution in [3.63, 3.8) is 0 Å². The molecule has 0 aliphatic carbocycles. The standard InChI is InChI=1S/C23H28F3NO6/c1-3-13-32-20(29)10-9-19(22(31)33-14-4-2)27-21(30)17(11-12-23(24,25)26)15-16-5-7-18(28)8-6-16/h3-8,17,19,28H,1-2,9-15H2,(H,27,30)/t17-,19-/m0/s1. The molecule has 2 atom stereocenters. The summed E-state index contributed by atoms with van der Waals surface area (Å²) in [6.07, 6.45) is -3.93. The maximum absolute atomic E-state index is 12.9. The third-order valence-electron chi connectivity index (χ3n) is 4.51. The first-order chi connectivity index (χ1) is 15.6. The molecule has 0 unspecified atom stereocenters. The summed E-state index contributed by atoms with van der Waals surface area (Å²) in [6, 6.07) is 4.45. The summed E-state index contributed by atoms with van der Waals surface area (Å²) in [7, 11) is 0. The highest BCUT2D eigenvalue weighted by Crippen LogP contribution is 2.26. The van der Waals surface area contributed by atoms with E-state index in [0.29, 0.717) is 5.56 Å². The number of esters is 2. The lowest BCUT2D eigenvalue weighted by molar-refractivity contribution is -0.150. The van der Waals surface area contributed by atoms with Gasteiger partial charge in [-0.3, -0.25) is 9.59 Å². The first kappa shape index (κ1) is 27.7. The summed E-state index contributed by atoms with van der Waals surface area (Å²) in [4.78, 5) is 36.9. The number of phenolic OH excluding ortho intramolecular Hbond substituents is 1. The molecule has 0 aromatic heterocycles. The van der Waals surface area contributed by atoms with Gasteiger partial charge in [-0.25, -0.2) is 4.79 Å². The second-order valence-electron chi connectivity index (χ2n) is 7.21. The largest absolute Gasteiger partial charge is 0.508 e. The lowest BCUT2D eigenvalue weighted by Crippen LogP contribution is -2.45. The number of carbonyl (C=O) groups excluding carboxylic acids is 3. The zero-order valence-corrected chi connectivity index (χ0v) is 18.1. The second-order valence-corrected chi connectivity index (χ2v) is 7.21. The summed E-state index contributed by atoms with van der Waals surface area (Å²) < 4.78 is 48.2. The van der Waals surface area contributed by atoms with Crippen molar-refractivity contribution in [1.29, 1.82) is 0 Å². The molecular weight excluding hydrogens is 443 g/mol. The number of alkyl halides is 3. The Hall–Kier alpha value is -3.30. The summed E-state index contributed by atoms with van der Waals surface area (Å²) >= 11 is 0. The summed E-state index contributed by atoms with van der Waals surface area (Å²) in [5.41, 5.74) is 0.536. The van der Waals surface area contributed by atoms with E-state index < -0.39 is 48.8 Å². The molecule has 0 radical (unpaired) electrons. The SMILES string of the molecule is C=CCOC(=O)CC[C@H](NC(=O)[C@@H](CCC(F)(F)F)Cc1ccc(O)cc1)C(=O)OCC=C. The Morgan fingerprint density at radius 1 is 1.03 bits per heavy atom. The zero-order valence-electron chi connectivity index (χ0n) is 18.1. The van der Waals surface area contributed by atoms with Crippen LogP contribution in [0.2, 0.25) is 0 Å². The van der Waals surface area contributed by atoms with Crippen LogP contribution in [0, 0.1) is 5.92 Å². The molecule has 1 rings (SSSR count). The first-order valence-electron chi connectivity index (χ1n) is 10.2. The van der Waals surface area contributed by atoms with Crippen LogP contribution in [-0.4, -0.2) is 48.4 Å². The predicted octanol–water partition coefficient (Wildman–Crippen LogP) is 3.62. The molecule has 1 aromatic carbocycles. The normalized spacial score (nSPS) is 12.8. The first-order valence-corrected chi connectivity index (χ1v) is 10.2. The van der Waals surface area contributed by atoms with E-state index in [1.165, 1.54) is 36.4 Å². The topological polar surface area (TPSA) is 102 Å². The molecule has 0 spiro atoms. The fraction of sp³-hybridized carbons (Fsp3) is 0.435. The minimum absolute atomic E-state index is 0.0246. The minimum Gasteiger partial charge on any atom is -0.508 e. The number of benzene rings is 1. The van der Waals surface area contributed by atoms with Crippen LogP contribution in [0.3, 0.4) is 0 Å². The van der Waals surface area contributed by atoms with Crippen LogP contribution in [0.5, 0.6) is 5.75 Å². The van der Waals surface area contributed by atoms with E-state index in [9.17, 15) is 32.7 Å². The minimum atomic E-state index is -4.47. The van der Waals surface area contributed by atoms with E-state index in [2.05, 4.69) is 18.5 Å². The second kappa shape index (κ2) is 14.0. The Morgan fingerprint density at radius 3 is 2.21 bits per heavy atom. The maximum atomic E-state index is 12.9. The van der Waals surface area contributed by atoms with E-state index in [4.69, 9.17) is 9.47 Å². The highest BCUT2D eigenvalue weighted by Gasteiger charge is 2.32. The van der Waals surface area contributed by atoms with Gasteiger partial charge in [0.05, 0.1) is 0 Å². The number of hydrogen-bond acceptors (Lipinski definition) is 6. The fourth-order valence-corrected chi connectivity index (χ4v) is 2.85. The average Bonchev–Trinajstić information content (AvgIpc) is 2.76. The molecular formula is C23H28F3NO6. The summed E-state index contributed by atoms with van der Waals surface area (Å²) in [5.74, 6) is -3.41. The Bertz CT molecular complexity index is 807. The smallest absolute Gasteiger partial charge is 0.389 e. The molecule has 1 aromatic rings. The average molecular weight is 471 g/mol. The molecule has 0 heterocycles. The van der Waals surface area contributed by atoms with Crippen LogP contribution >= 0.6 is 0 Å². The quantitative estimate of drug-likeness (QED) is 0.318. The maximum Gasteiger partial charge on any atom is 0.389 e. The van der Waals surface area contributed by atoms with Crippen molar-refractivity contribution >= 4 is 17.8 Å². The zero-order chi connectivity index (χ0) is 24.9. The van der Waals surface area contributed by atoms with Crippen LogP contribution in [0.1, 0.15) is 31.2 Å². The van der Waals surface area contributed by atoms with Crippen LogP contribution in [0.25, 0.3) is 0 Å². The van der Waals surface area contributed by atoms with Gasteiger partial charge in [0.15, 0.2) is 0 Å². The lowest BCUT2D eigenvalue weighted by atomic mass is 9.93. The molecule has 1 amide bonds. The van der Waals surface area contributed by atoms with Crippen molar-refractivity contribution in [2.45, 2.75) is 44.3 Å². The Balaban J connectivity index is 2.95. The number of ether oxygens (including phenoxy) is 2. The molecule has 7 nitrogen and oxygen atoms in total. The van der Waals surface area contributed by atoms with E-state index in [1.54, 1.807) is 0 Å². The van der Waals surface area contributed by atoms with Gasteiger partial charge >= 0.3 is 18.1 Å². The number of nitrogens with one attached hydrogen (secondary N) is 1. The number of aromatic hydroxyl groups is 1. The molecule has 2 N–H and O–H groups in total. The number of halogens is 3. The van der Waals surface area contributed by atoms with Gasteiger partial charge in [0, 0.05) is 18.8 Å². The molecule has 33 heavy (non-hydrogen) atoms. The molecule has 0 aliphatic heterocycles. The van der Waals surface area contributed by atoms with Crippen molar-refractivity contribution in [3.8, 4) is 5.75 Å². The monoisotopic (exact) mass is 471 g/mol. The molecule has 0 saturated carbocycles. The van der Waals surface area contributed by atoms with Crippen LogP contribution < -0.4 is 5.32 Å². The highest BCUT2D eigenvalue weighted by atomic mass is 19.4. The van der Waals surface area contributed by atoms with Gasteiger partial charge in [0.1, 0.15) is 25.0 Å². The van der Waals surface area contributed by atoms with Crippen molar-refractivity contribution in [3.05, 3.63) is 55.1 Å². The van der Waals surface area contributed by atoms with Crippen molar-refractivity contribution in [2.24, 2.45) is 5.92 Å². The number of phenols is 1. The molecule has 0 saturated heterocycles. The van der Waals surface area contributed by atoms with Gasteiger partial charge < -0.3 is 19.9 Å². The Labute approximate surface area is 190 Å². The Kier molecular flexibility index (Phi) is 11.7. The van der Waals surface area contributed by atoms with Crippen molar-refractivity contribution in [2.75, 3.05) is 13.2 Å². The van der Waals surface area contributed by atoms with Crippen LogP contribution in [0.15, 0.2) is 49.6 Å². The van der Waals surface area contributed by atoms with E-state index in [0.717, 1.165) is 0 Å². The van der Waals surface area contributed by atoms with Gasteiger partial charge in [-0.15, -0.1) is 0 Å². The summed E-state index contributed by atoms with van der Waals surface area (Å²) in [5, 5.41) is 11.8. The van der Waals surface area contributed by atoms with E-state index >= 15 is 0 Å². The predicted molar refractivity (Wildman–Crippen MR) is 114 cm³/mol. The summed E-state index contributed by atoms with van der Waals surface area (Å²) in [6.45, 7) is 6.66. The van der Waals surface area contributed by atoms with Crippen molar-refractivity contribution in [1.82, 2.24) is 5.32 Å². The van der Waals surface area contributed by atoms with Crippen LogP contribution in [-0.2, 0) is 30.3 Å². The van der Waals surface area contributed by atoms with Crippen LogP contribution in [0.4, 0.5) is 13.2 Å². The third kappa shape index (κ3) is 11.8. The van der Waals surface area contributed by atoms with Gasteiger partial charge in [-0.05, 0) is 37.0 Å². The molecule has 0 aliphatic rings. The number of carbonyl (C=O) groups is 3. The lowest BCUT2D eigenvalue weighted by Gasteiger charge is -2.22. The Morgan fingerprint density at radius 2 is 1.64 bits per heavy atom. The van der Waals surface area contributed by atoms with Gasteiger partial charge in [0.2, 0.25) is 5.91 Å². The molecule has 0 fully saturated rings. The number of rotatable bonds is 14. The van der Waals surface area contributed by atoms with E-state index in [-0.39, 0.29) is 38.2 Å². The van der Waals surface area contributed by atoms with Gasteiger partial charge in [-0.2, -0.15) is 13.2 Å². The molecule has 10 heteroatoms. The highest BCUT2D eigenvalue weighted by molar-refractivity contribution is 5.86. The van der Waals surface area contributed by atoms with Crippen molar-refractivity contribution < 1.29 is 42.1 Å². The number of hydrogen-bond donors (Lipinski definition) is 2. The fourth-order valence-electron chi connectivity index (χ4n) is 2.85. The number of amides is 1. The third-order valence-corrected chi connectivity index (χ3v) is 4.51.